The van der Waals surface area contributed by atoms with Crippen LogP contribution >= 0.6 is 11.6 Å². The zero-order valence-electron chi connectivity index (χ0n) is 17.3. The van der Waals surface area contributed by atoms with Crippen molar-refractivity contribution in [2.75, 3.05) is 12.3 Å². The predicted molar refractivity (Wildman–Crippen MR) is 119 cm³/mol. The second-order valence-corrected chi connectivity index (χ2v) is 8.65. The molecule has 0 saturated heterocycles. The molecule has 0 radical (unpaired) electrons. The molecular weight excluding hydrogens is 455 g/mol. The van der Waals surface area contributed by atoms with Crippen molar-refractivity contribution in [2.45, 2.75) is 25.6 Å². The van der Waals surface area contributed by atoms with Gasteiger partial charge in [-0.2, -0.15) is 13.2 Å². The summed E-state index contributed by atoms with van der Waals surface area (Å²) in [7, 11) is 0. The number of alkyl halides is 3. The van der Waals surface area contributed by atoms with Crippen LogP contribution in [0.15, 0.2) is 48.8 Å². The molecule has 2 N–H and O–H groups in total. The topological polar surface area (TPSA) is 76.5 Å². The highest BCUT2D eigenvalue weighted by atomic mass is 35.5. The van der Waals surface area contributed by atoms with Crippen molar-refractivity contribution in [3.8, 4) is 0 Å². The van der Waals surface area contributed by atoms with Gasteiger partial charge in [0.05, 0.1) is 44.9 Å². The van der Waals surface area contributed by atoms with Crippen LogP contribution in [-0.2, 0) is 12.7 Å². The van der Waals surface area contributed by atoms with E-state index in [0.717, 1.165) is 25.1 Å². The average Bonchev–Trinajstić information content (AvgIpc) is 3.44. The smallest absolute Gasteiger partial charge is 0.382 e. The lowest BCUT2D eigenvalue weighted by molar-refractivity contribution is -0.137. The molecule has 3 aromatic heterocycles. The molecule has 6 nitrogen and oxygen atoms in total. The van der Waals surface area contributed by atoms with Gasteiger partial charge in [-0.15, -0.1) is 0 Å². The number of aromatic nitrogens is 3. The lowest BCUT2D eigenvalue weighted by Gasteiger charge is -2.23. The van der Waals surface area contributed by atoms with E-state index in [2.05, 4.69) is 9.97 Å². The van der Waals surface area contributed by atoms with E-state index < -0.39 is 11.7 Å². The van der Waals surface area contributed by atoms with Crippen LogP contribution in [0, 0.1) is 5.92 Å². The van der Waals surface area contributed by atoms with E-state index >= 15 is 0 Å². The quantitative estimate of drug-likeness (QED) is 0.433. The molecule has 1 fully saturated rings. The van der Waals surface area contributed by atoms with Gasteiger partial charge in [-0.1, -0.05) is 11.6 Å². The Balaban J connectivity index is 1.50. The van der Waals surface area contributed by atoms with E-state index in [1.54, 1.807) is 17.0 Å². The van der Waals surface area contributed by atoms with E-state index in [4.69, 9.17) is 17.3 Å². The Hall–Kier alpha value is -3.33. The molecule has 1 aliphatic carbocycles. The molecule has 0 atom stereocenters. The van der Waals surface area contributed by atoms with Gasteiger partial charge in [0.2, 0.25) is 0 Å². The third-order valence-corrected chi connectivity index (χ3v) is 6.09. The number of nitrogens with zero attached hydrogens (tertiary/aromatic N) is 4. The van der Waals surface area contributed by atoms with Gasteiger partial charge in [-0.25, -0.2) is 4.98 Å². The number of pyridine rings is 1. The Bertz CT molecular complexity index is 1360. The van der Waals surface area contributed by atoms with Crippen LogP contribution in [0.25, 0.3) is 16.6 Å². The zero-order valence-corrected chi connectivity index (χ0v) is 18.1. The maximum absolute atomic E-state index is 13.5. The van der Waals surface area contributed by atoms with Gasteiger partial charge in [0, 0.05) is 18.9 Å². The molecule has 4 aromatic rings. The van der Waals surface area contributed by atoms with Gasteiger partial charge >= 0.3 is 6.18 Å². The number of benzene rings is 1. The molecule has 0 bridgehead atoms. The Labute approximate surface area is 191 Å². The van der Waals surface area contributed by atoms with Crippen molar-refractivity contribution < 1.29 is 18.0 Å². The Morgan fingerprint density at radius 2 is 2.00 bits per heavy atom. The molecule has 1 aromatic carbocycles. The first kappa shape index (κ1) is 21.5. The number of carbonyl (C=O) groups is 1. The van der Waals surface area contributed by atoms with Crippen molar-refractivity contribution in [1.29, 1.82) is 0 Å². The number of rotatable bonds is 5. The highest BCUT2D eigenvalue weighted by Crippen LogP contribution is 2.33. The summed E-state index contributed by atoms with van der Waals surface area (Å²) >= 11 is 6.47. The van der Waals surface area contributed by atoms with Crippen molar-refractivity contribution >= 4 is 39.9 Å². The van der Waals surface area contributed by atoms with Gasteiger partial charge in [0.1, 0.15) is 5.82 Å². The lowest BCUT2D eigenvalue weighted by atomic mass is 10.1. The zero-order chi connectivity index (χ0) is 23.3. The van der Waals surface area contributed by atoms with Crippen LogP contribution in [-0.4, -0.2) is 31.7 Å². The second-order valence-electron chi connectivity index (χ2n) is 8.25. The summed E-state index contributed by atoms with van der Waals surface area (Å²) in [6.45, 7) is 0.565. The molecule has 0 aliphatic heterocycles. The monoisotopic (exact) mass is 473 g/mol. The Kier molecular flexibility index (Phi) is 5.16. The minimum absolute atomic E-state index is 0.0841. The minimum atomic E-state index is -4.46. The summed E-state index contributed by atoms with van der Waals surface area (Å²) in [5.41, 5.74) is 7.80. The van der Waals surface area contributed by atoms with Crippen LogP contribution < -0.4 is 5.73 Å². The number of hydrogen-bond acceptors (Lipinski definition) is 4. The van der Waals surface area contributed by atoms with Crippen LogP contribution in [0.3, 0.4) is 0 Å². The highest BCUT2D eigenvalue weighted by molar-refractivity contribution is 6.34. The number of amides is 1. The number of carbonyl (C=O) groups excluding carboxylic acids is 1. The van der Waals surface area contributed by atoms with Gasteiger partial charge in [0.25, 0.3) is 5.91 Å². The second kappa shape index (κ2) is 7.91. The molecule has 170 valence electrons. The van der Waals surface area contributed by atoms with E-state index in [1.807, 2.05) is 22.7 Å². The van der Waals surface area contributed by atoms with Crippen molar-refractivity contribution in [3.63, 3.8) is 0 Å². The summed E-state index contributed by atoms with van der Waals surface area (Å²) in [5.74, 6) is 0.402. The number of nitrogen functional groups attached to an aromatic ring is 1. The predicted octanol–water partition coefficient (Wildman–Crippen LogP) is 5.19. The van der Waals surface area contributed by atoms with Crippen LogP contribution in [0.2, 0.25) is 5.02 Å². The van der Waals surface area contributed by atoms with E-state index in [1.165, 1.54) is 6.07 Å². The lowest BCUT2D eigenvalue weighted by Crippen LogP contribution is -2.33. The molecule has 1 saturated carbocycles. The molecule has 0 unspecified atom stereocenters. The number of anilines is 1. The summed E-state index contributed by atoms with van der Waals surface area (Å²) < 4.78 is 40.4. The van der Waals surface area contributed by atoms with Crippen molar-refractivity contribution in [2.24, 2.45) is 5.92 Å². The van der Waals surface area contributed by atoms with Crippen LogP contribution in [0.4, 0.5) is 19.0 Å². The van der Waals surface area contributed by atoms with Gasteiger partial charge < -0.3 is 15.0 Å². The minimum Gasteiger partial charge on any atom is -0.382 e. The molecule has 5 rings (SSSR count). The summed E-state index contributed by atoms with van der Waals surface area (Å²) in [6.07, 6.45) is 0.156. The van der Waals surface area contributed by atoms with Crippen LogP contribution in [0.5, 0.6) is 0 Å². The number of halogens is 4. The SMILES string of the molecule is Nc1nc2cc(Cl)c(C(=O)N(Cc3ccc(C(F)(F)F)cn3)CC3CC3)cc2n2cccc12. The fourth-order valence-corrected chi connectivity index (χ4v) is 4.11. The first-order valence-corrected chi connectivity index (χ1v) is 10.8. The van der Waals surface area contributed by atoms with E-state index in [-0.39, 0.29) is 17.5 Å². The van der Waals surface area contributed by atoms with Gasteiger partial charge in [-0.05, 0) is 55.2 Å². The van der Waals surface area contributed by atoms with Crippen molar-refractivity contribution in [3.05, 3.63) is 70.6 Å². The fraction of sp³-hybridized carbons (Fsp3) is 0.261. The fourth-order valence-electron chi connectivity index (χ4n) is 3.87. The molecule has 0 spiro atoms. The van der Waals surface area contributed by atoms with Gasteiger partial charge in [0.15, 0.2) is 0 Å². The highest BCUT2D eigenvalue weighted by Gasteiger charge is 2.32. The number of hydrogen-bond donors (Lipinski definition) is 1. The molecular formula is C23H19ClF3N5O. The first-order chi connectivity index (χ1) is 15.7. The third kappa shape index (κ3) is 4.20. The molecule has 1 aliphatic rings. The molecule has 10 heteroatoms. The Morgan fingerprint density at radius 3 is 2.67 bits per heavy atom. The van der Waals surface area contributed by atoms with Crippen LogP contribution in [0.1, 0.15) is 34.5 Å². The normalized spacial score (nSPS) is 14.2. The van der Waals surface area contributed by atoms with Crippen molar-refractivity contribution in [1.82, 2.24) is 19.3 Å². The number of nitrogens with two attached hydrogens (primary N) is 1. The largest absolute Gasteiger partial charge is 0.417 e. The standard InChI is InChI=1S/C23H19ClF3N5O/c24-17-9-18-20(32-7-1-2-19(32)21(28)30-18)8-16(17)22(33)31(11-13-3-4-13)12-15-6-5-14(10-29-15)23(25,26)27/h1-2,5-10,13H,3-4,11-12H2,(H2,28,30). The Morgan fingerprint density at radius 1 is 1.21 bits per heavy atom. The maximum Gasteiger partial charge on any atom is 0.417 e. The summed E-state index contributed by atoms with van der Waals surface area (Å²) in [6, 6.07) is 9.22. The number of fused-ring (bicyclic) bond motifs is 3. The maximum atomic E-state index is 13.5. The van der Waals surface area contributed by atoms with Gasteiger partial charge in [-0.3, -0.25) is 9.78 Å². The van der Waals surface area contributed by atoms with E-state index in [9.17, 15) is 18.0 Å². The average molecular weight is 474 g/mol. The summed E-state index contributed by atoms with van der Waals surface area (Å²) in [5, 5.41) is 0.229. The first-order valence-electron chi connectivity index (χ1n) is 10.4. The molecule has 3 heterocycles. The van der Waals surface area contributed by atoms with E-state index in [0.29, 0.717) is 46.1 Å². The molecule has 1 amide bonds. The molecule has 33 heavy (non-hydrogen) atoms. The third-order valence-electron chi connectivity index (χ3n) is 5.77. The summed E-state index contributed by atoms with van der Waals surface area (Å²) in [4.78, 5) is 23.4.